The smallest absolute Gasteiger partial charge is 0.321 e. The number of aliphatic hydroxyl groups is 1. The first-order valence-electron chi connectivity index (χ1n) is 7.41. The number of hydrogen-bond acceptors (Lipinski definition) is 3. The Bertz CT molecular complexity index is 502. The summed E-state index contributed by atoms with van der Waals surface area (Å²) in [6, 6.07) is 5.66. The predicted molar refractivity (Wildman–Crippen MR) is 82.3 cm³/mol. The van der Waals surface area contributed by atoms with Gasteiger partial charge >= 0.3 is 6.03 Å². The van der Waals surface area contributed by atoms with Gasteiger partial charge in [0.25, 0.3) is 0 Å². The minimum Gasteiger partial charge on any atom is -0.391 e. The molecule has 1 saturated heterocycles. The maximum absolute atomic E-state index is 12.2. The third-order valence-electron chi connectivity index (χ3n) is 3.71. The van der Waals surface area contributed by atoms with Crippen molar-refractivity contribution in [2.45, 2.75) is 46.0 Å². The predicted octanol–water partition coefficient (Wildman–Crippen LogP) is 2.52. The number of benzene rings is 1. The Morgan fingerprint density at radius 3 is 2.90 bits per heavy atom. The number of amides is 2. The summed E-state index contributed by atoms with van der Waals surface area (Å²) in [4.78, 5) is 13.8. The first-order valence-corrected chi connectivity index (χ1v) is 7.41. The van der Waals surface area contributed by atoms with E-state index in [1.165, 1.54) is 0 Å². The van der Waals surface area contributed by atoms with Gasteiger partial charge in [0.15, 0.2) is 0 Å². The molecule has 0 unspecified atom stereocenters. The average molecular weight is 292 g/mol. The Morgan fingerprint density at radius 2 is 2.29 bits per heavy atom. The van der Waals surface area contributed by atoms with Crippen molar-refractivity contribution in [1.29, 1.82) is 0 Å². The minimum absolute atomic E-state index is 0.156. The van der Waals surface area contributed by atoms with E-state index in [1.54, 1.807) is 4.90 Å². The van der Waals surface area contributed by atoms with Gasteiger partial charge in [-0.15, -0.1) is 0 Å². The molecular weight excluding hydrogens is 268 g/mol. The summed E-state index contributed by atoms with van der Waals surface area (Å²) >= 11 is 0. The highest BCUT2D eigenvalue weighted by Gasteiger charge is 2.24. The molecule has 0 saturated carbocycles. The van der Waals surface area contributed by atoms with Gasteiger partial charge in [-0.05, 0) is 44.4 Å². The summed E-state index contributed by atoms with van der Waals surface area (Å²) in [6.07, 6.45) is 0.422. The summed E-state index contributed by atoms with van der Waals surface area (Å²) in [7, 11) is 0. The van der Waals surface area contributed by atoms with Crippen LogP contribution < -0.4 is 5.32 Å². The lowest BCUT2D eigenvalue weighted by atomic mass is 10.1. The molecule has 1 fully saturated rings. The summed E-state index contributed by atoms with van der Waals surface area (Å²) in [5, 5.41) is 12.4. The van der Waals surface area contributed by atoms with Crippen LogP contribution in [0.1, 0.15) is 31.4 Å². The highest BCUT2D eigenvalue weighted by molar-refractivity contribution is 5.90. The van der Waals surface area contributed by atoms with E-state index < -0.39 is 6.10 Å². The van der Waals surface area contributed by atoms with E-state index in [0.29, 0.717) is 26.1 Å². The normalized spacial score (nSPS) is 18.3. The second-order valence-corrected chi connectivity index (χ2v) is 5.77. The Kier molecular flexibility index (Phi) is 5.20. The molecule has 5 heteroatoms. The molecule has 0 aromatic heterocycles. The van der Waals surface area contributed by atoms with E-state index in [1.807, 2.05) is 39.0 Å². The zero-order chi connectivity index (χ0) is 15.4. The van der Waals surface area contributed by atoms with E-state index in [9.17, 15) is 9.90 Å². The molecule has 0 aliphatic carbocycles. The average Bonchev–Trinajstić information content (AvgIpc) is 2.86. The van der Waals surface area contributed by atoms with Crippen molar-refractivity contribution >= 4 is 11.7 Å². The molecule has 0 spiro atoms. The van der Waals surface area contributed by atoms with Crippen molar-refractivity contribution < 1.29 is 14.6 Å². The first kappa shape index (κ1) is 15.8. The molecule has 2 amide bonds. The second-order valence-electron chi connectivity index (χ2n) is 5.77. The van der Waals surface area contributed by atoms with Crippen molar-refractivity contribution in [3.05, 3.63) is 29.3 Å². The highest BCUT2D eigenvalue weighted by Crippen LogP contribution is 2.21. The fraction of sp³-hybridized carbons (Fsp3) is 0.562. The standard InChI is InChI=1S/C16H24N2O3/c1-11(2)21-10-13-5-4-6-15(12(13)3)17-16(20)18-8-7-14(19)9-18/h4-6,11,14,19H,7-10H2,1-3H3,(H,17,20)/t14-/m1/s1. The van der Waals surface area contributed by atoms with Gasteiger partial charge in [-0.1, -0.05) is 12.1 Å². The number of urea groups is 1. The van der Waals surface area contributed by atoms with E-state index in [-0.39, 0.29) is 12.1 Å². The Labute approximate surface area is 125 Å². The molecular formula is C16H24N2O3. The molecule has 2 rings (SSSR count). The van der Waals surface area contributed by atoms with E-state index in [0.717, 1.165) is 16.8 Å². The van der Waals surface area contributed by atoms with Crippen LogP contribution in [0, 0.1) is 6.92 Å². The third kappa shape index (κ3) is 4.19. The lowest BCUT2D eigenvalue weighted by Crippen LogP contribution is -2.33. The van der Waals surface area contributed by atoms with Crippen molar-refractivity contribution in [2.75, 3.05) is 18.4 Å². The van der Waals surface area contributed by atoms with Crippen LogP contribution in [-0.4, -0.2) is 41.3 Å². The SMILES string of the molecule is Cc1c(COC(C)C)cccc1NC(=O)N1CC[C@@H](O)C1. The van der Waals surface area contributed by atoms with Crippen LogP contribution in [0.2, 0.25) is 0 Å². The van der Waals surface area contributed by atoms with Gasteiger partial charge in [0.2, 0.25) is 0 Å². The van der Waals surface area contributed by atoms with Gasteiger partial charge in [-0.3, -0.25) is 0 Å². The Hall–Kier alpha value is -1.59. The number of hydrogen-bond donors (Lipinski definition) is 2. The third-order valence-corrected chi connectivity index (χ3v) is 3.71. The molecule has 2 N–H and O–H groups in total. The van der Waals surface area contributed by atoms with E-state index in [4.69, 9.17) is 4.74 Å². The van der Waals surface area contributed by atoms with Gasteiger partial charge in [-0.2, -0.15) is 0 Å². The summed E-state index contributed by atoms with van der Waals surface area (Å²) in [5.41, 5.74) is 2.89. The molecule has 116 valence electrons. The summed E-state index contributed by atoms with van der Waals surface area (Å²) in [6.45, 7) is 7.52. The molecule has 1 atom stereocenters. The molecule has 1 aromatic rings. The molecule has 1 heterocycles. The van der Waals surface area contributed by atoms with Gasteiger partial charge in [0.05, 0.1) is 18.8 Å². The maximum Gasteiger partial charge on any atom is 0.321 e. The number of likely N-dealkylation sites (tertiary alicyclic amines) is 1. The fourth-order valence-corrected chi connectivity index (χ4v) is 2.35. The fourth-order valence-electron chi connectivity index (χ4n) is 2.35. The van der Waals surface area contributed by atoms with Crippen LogP contribution in [0.3, 0.4) is 0 Å². The molecule has 1 aliphatic rings. The number of carbonyl (C=O) groups excluding carboxylic acids is 1. The second kappa shape index (κ2) is 6.91. The largest absolute Gasteiger partial charge is 0.391 e. The monoisotopic (exact) mass is 292 g/mol. The molecule has 0 radical (unpaired) electrons. The van der Waals surface area contributed by atoms with Gasteiger partial charge in [-0.25, -0.2) is 4.79 Å². The van der Waals surface area contributed by atoms with Gasteiger partial charge < -0.3 is 20.1 Å². The van der Waals surface area contributed by atoms with E-state index >= 15 is 0 Å². The number of rotatable bonds is 4. The zero-order valence-corrected chi connectivity index (χ0v) is 12.9. The maximum atomic E-state index is 12.2. The van der Waals surface area contributed by atoms with Crippen LogP contribution >= 0.6 is 0 Å². The number of nitrogens with one attached hydrogen (secondary N) is 1. The summed E-state index contributed by atoms with van der Waals surface area (Å²) < 4.78 is 5.63. The zero-order valence-electron chi connectivity index (χ0n) is 12.9. The van der Waals surface area contributed by atoms with E-state index in [2.05, 4.69) is 5.32 Å². The van der Waals surface area contributed by atoms with Crippen LogP contribution in [0.25, 0.3) is 0 Å². The Morgan fingerprint density at radius 1 is 1.52 bits per heavy atom. The number of aliphatic hydroxyl groups excluding tert-OH is 1. The molecule has 21 heavy (non-hydrogen) atoms. The van der Waals surface area contributed by atoms with Crippen LogP contribution in [0.15, 0.2) is 18.2 Å². The number of anilines is 1. The Balaban J connectivity index is 2.02. The first-order chi connectivity index (χ1) is 9.97. The highest BCUT2D eigenvalue weighted by atomic mass is 16.5. The number of β-amino-alcohol motifs (C(OH)–C–C–N with tert-alkyl or cyclic N) is 1. The van der Waals surface area contributed by atoms with Crippen LogP contribution in [-0.2, 0) is 11.3 Å². The lowest BCUT2D eigenvalue weighted by Gasteiger charge is -2.19. The number of ether oxygens (including phenoxy) is 1. The van der Waals surface area contributed by atoms with Crippen molar-refractivity contribution in [2.24, 2.45) is 0 Å². The topological polar surface area (TPSA) is 61.8 Å². The summed E-state index contributed by atoms with van der Waals surface area (Å²) in [5.74, 6) is 0. The van der Waals surface area contributed by atoms with Crippen molar-refractivity contribution in [3.63, 3.8) is 0 Å². The molecule has 0 bridgehead atoms. The van der Waals surface area contributed by atoms with Crippen LogP contribution in [0.4, 0.5) is 10.5 Å². The van der Waals surface area contributed by atoms with Crippen molar-refractivity contribution in [1.82, 2.24) is 4.90 Å². The van der Waals surface area contributed by atoms with Gasteiger partial charge in [0.1, 0.15) is 0 Å². The molecule has 1 aliphatic heterocycles. The van der Waals surface area contributed by atoms with Crippen molar-refractivity contribution in [3.8, 4) is 0 Å². The van der Waals surface area contributed by atoms with Crippen LogP contribution in [0.5, 0.6) is 0 Å². The number of nitrogens with zero attached hydrogens (tertiary/aromatic N) is 1. The quantitative estimate of drug-likeness (QED) is 0.896. The molecule has 5 nitrogen and oxygen atoms in total. The minimum atomic E-state index is -0.400. The van der Waals surface area contributed by atoms with Gasteiger partial charge in [0, 0.05) is 18.8 Å². The molecule has 1 aromatic carbocycles. The lowest BCUT2D eigenvalue weighted by molar-refractivity contribution is 0.0654. The number of carbonyl (C=O) groups is 1.